The van der Waals surface area contributed by atoms with Crippen molar-refractivity contribution in [1.29, 1.82) is 0 Å². The van der Waals surface area contributed by atoms with Crippen LogP contribution >= 0.6 is 27.5 Å². The van der Waals surface area contributed by atoms with Crippen molar-refractivity contribution in [3.05, 3.63) is 68.7 Å². The van der Waals surface area contributed by atoms with Crippen LogP contribution in [0.5, 0.6) is 0 Å². The van der Waals surface area contributed by atoms with E-state index in [1.807, 2.05) is 18.2 Å². The highest BCUT2D eigenvalue weighted by atomic mass is 79.9. The first kappa shape index (κ1) is 15.6. The van der Waals surface area contributed by atoms with Gasteiger partial charge in [-0.3, -0.25) is 0 Å². The minimum atomic E-state index is 0.301. The first-order valence-corrected chi connectivity index (χ1v) is 8.01. The minimum absolute atomic E-state index is 0.301. The zero-order chi connectivity index (χ0) is 14.5. The fourth-order valence-electron chi connectivity index (χ4n) is 2.28. The summed E-state index contributed by atoms with van der Waals surface area (Å²) in [6.07, 6.45) is 0.934. The molecule has 0 bridgehead atoms. The number of aryl methyl sites for hydroxylation is 1. The van der Waals surface area contributed by atoms with Crippen molar-refractivity contribution in [2.45, 2.75) is 26.3 Å². The van der Waals surface area contributed by atoms with Gasteiger partial charge in [0, 0.05) is 15.5 Å². The van der Waals surface area contributed by atoms with Crippen molar-refractivity contribution < 1.29 is 0 Å². The molecule has 0 heterocycles. The van der Waals surface area contributed by atoms with E-state index in [0.29, 0.717) is 6.04 Å². The summed E-state index contributed by atoms with van der Waals surface area (Å²) in [4.78, 5) is 0. The molecule has 106 valence electrons. The zero-order valence-electron chi connectivity index (χ0n) is 11.8. The van der Waals surface area contributed by atoms with Crippen LogP contribution in [-0.4, -0.2) is 6.54 Å². The molecular formula is C17H19BrClN. The maximum atomic E-state index is 6.07. The van der Waals surface area contributed by atoms with Crippen molar-refractivity contribution in [3.63, 3.8) is 0 Å². The first-order valence-electron chi connectivity index (χ1n) is 6.84. The van der Waals surface area contributed by atoms with Gasteiger partial charge in [-0.15, -0.1) is 0 Å². The lowest BCUT2D eigenvalue weighted by molar-refractivity contribution is 0.549. The number of halogens is 2. The average molecular weight is 353 g/mol. The summed E-state index contributed by atoms with van der Waals surface area (Å²) in [6.45, 7) is 5.18. The van der Waals surface area contributed by atoms with Gasteiger partial charge in [0.05, 0.1) is 0 Å². The van der Waals surface area contributed by atoms with Gasteiger partial charge >= 0.3 is 0 Å². The van der Waals surface area contributed by atoms with Gasteiger partial charge in [-0.05, 0) is 54.8 Å². The van der Waals surface area contributed by atoms with E-state index < -0.39 is 0 Å². The van der Waals surface area contributed by atoms with Crippen LogP contribution < -0.4 is 5.32 Å². The third-order valence-electron chi connectivity index (χ3n) is 3.38. The Bertz CT molecular complexity index is 583. The third kappa shape index (κ3) is 4.08. The minimum Gasteiger partial charge on any atom is -0.310 e. The molecule has 2 aromatic rings. The molecule has 0 saturated carbocycles. The number of likely N-dealkylation sites (N-methyl/N-ethyl adjacent to an activating group) is 1. The summed E-state index contributed by atoms with van der Waals surface area (Å²) in [7, 11) is 0. The second-order valence-electron chi connectivity index (χ2n) is 4.95. The standard InChI is InChI=1S/C17H19BrClN/c1-3-20-17(10-13-5-4-6-15(19)9-13)14-8-7-12(2)16(18)11-14/h4-9,11,17,20H,3,10H2,1-2H3. The number of nitrogens with one attached hydrogen (secondary N) is 1. The van der Waals surface area contributed by atoms with E-state index in [1.54, 1.807) is 0 Å². The molecule has 0 spiro atoms. The molecule has 0 saturated heterocycles. The van der Waals surface area contributed by atoms with Crippen molar-refractivity contribution in [2.75, 3.05) is 6.54 Å². The summed E-state index contributed by atoms with van der Waals surface area (Å²) in [5.74, 6) is 0. The molecule has 1 atom stereocenters. The molecule has 0 aliphatic heterocycles. The first-order chi connectivity index (χ1) is 9.60. The van der Waals surface area contributed by atoms with Crippen LogP contribution in [-0.2, 0) is 6.42 Å². The molecule has 20 heavy (non-hydrogen) atoms. The monoisotopic (exact) mass is 351 g/mol. The highest BCUT2D eigenvalue weighted by Gasteiger charge is 2.12. The predicted octanol–water partition coefficient (Wildman–Crippen LogP) is 5.30. The van der Waals surface area contributed by atoms with E-state index in [2.05, 4.69) is 59.4 Å². The Labute approximate surface area is 134 Å². The molecule has 0 amide bonds. The molecule has 1 N–H and O–H groups in total. The maximum absolute atomic E-state index is 6.07. The van der Waals surface area contributed by atoms with Crippen LogP contribution in [0.25, 0.3) is 0 Å². The lowest BCUT2D eigenvalue weighted by atomic mass is 9.98. The van der Waals surface area contributed by atoms with Gasteiger partial charge in [0.25, 0.3) is 0 Å². The molecule has 2 rings (SSSR count). The fraction of sp³-hybridized carbons (Fsp3) is 0.294. The summed E-state index contributed by atoms with van der Waals surface area (Å²) in [5.41, 5.74) is 3.80. The van der Waals surface area contributed by atoms with Gasteiger partial charge in [-0.25, -0.2) is 0 Å². The van der Waals surface area contributed by atoms with E-state index in [1.165, 1.54) is 16.7 Å². The van der Waals surface area contributed by atoms with E-state index >= 15 is 0 Å². The van der Waals surface area contributed by atoms with Gasteiger partial charge in [0.15, 0.2) is 0 Å². The normalized spacial score (nSPS) is 12.4. The van der Waals surface area contributed by atoms with Crippen LogP contribution in [0.1, 0.15) is 29.7 Å². The van der Waals surface area contributed by atoms with Crippen LogP contribution in [0, 0.1) is 6.92 Å². The van der Waals surface area contributed by atoms with Crippen LogP contribution in [0.4, 0.5) is 0 Å². The summed E-state index contributed by atoms with van der Waals surface area (Å²) in [5, 5.41) is 4.34. The molecule has 0 fully saturated rings. The quantitative estimate of drug-likeness (QED) is 0.769. The summed E-state index contributed by atoms with van der Waals surface area (Å²) < 4.78 is 1.16. The maximum Gasteiger partial charge on any atom is 0.0408 e. The summed E-state index contributed by atoms with van der Waals surface area (Å²) >= 11 is 9.68. The van der Waals surface area contributed by atoms with E-state index in [-0.39, 0.29) is 0 Å². The Morgan fingerprint density at radius 1 is 1.20 bits per heavy atom. The largest absolute Gasteiger partial charge is 0.310 e. The Hall–Kier alpha value is -0.830. The van der Waals surface area contributed by atoms with E-state index in [0.717, 1.165) is 22.5 Å². The average Bonchev–Trinajstić information content (AvgIpc) is 2.41. The molecular weight excluding hydrogens is 334 g/mol. The van der Waals surface area contributed by atoms with Crippen molar-refractivity contribution >= 4 is 27.5 Å². The van der Waals surface area contributed by atoms with E-state index in [4.69, 9.17) is 11.6 Å². The molecule has 3 heteroatoms. The summed E-state index contributed by atoms with van der Waals surface area (Å²) in [6, 6.07) is 14.9. The number of hydrogen-bond donors (Lipinski definition) is 1. The molecule has 1 unspecified atom stereocenters. The van der Waals surface area contributed by atoms with Gasteiger partial charge in [-0.2, -0.15) is 0 Å². The van der Waals surface area contributed by atoms with Crippen LogP contribution in [0.15, 0.2) is 46.9 Å². The number of rotatable bonds is 5. The lowest BCUT2D eigenvalue weighted by Gasteiger charge is -2.19. The topological polar surface area (TPSA) is 12.0 Å². The SMILES string of the molecule is CCNC(Cc1cccc(Cl)c1)c1ccc(C)c(Br)c1. The molecule has 0 aliphatic rings. The molecule has 1 nitrogen and oxygen atoms in total. The zero-order valence-corrected chi connectivity index (χ0v) is 14.1. The predicted molar refractivity (Wildman–Crippen MR) is 90.5 cm³/mol. The smallest absolute Gasteiger partial charge is 0.0408 e. The highest BCUT2D eigenvalue weighted by molar-refractivity contribution is 9.10. The van der Waals surface area contributed by atoms with Gasteiger partial charge in [0.1, 0.15) is 0 Å². The number of benzene rings is 2. The van der Waals surface area contributed by atoms with Crippen molar-refractivity contribution in [2.24, 2.45) is 0 Å². The van der Waals surface area contributed by atoms with Gasteiger partial charge in [0.2, 0.25) is 0 Å². The van der Waals surface area contributed by atoms with Crippen LogP contribution in [0.2, 0.25) is 5.02 Å². The molecule has 0 aliphatic carbocycles. The molecule has 0 aromatic heterocycles. The van der Waals surface area contributed by atoms with Crippen LogP contribution in [0.3, 0.4) is 0 Å². The van der Waals surface area contributed by atoms with Gasteiger partial charge < -0.3 is 5.32 Å². The Morgan fingerprint density at radius 3 is 2.65 bits per heavy atom. The van der Waals surface area contributed by atoms with Crippen molar-refractivity contribution in [1.82, 2.24) is 5.32 Å². The highest BCUT2D eigenvalue weighted by Crippen LogP contribution is 2.25. The Kier molecular flexibility index (Phi) is 5.64. The van der Waals surface area contributed by atoms with Gasteiger partial charge in [-0.1, -0.05) is 58.7 Å². The second-order valence-corrected chi connectivity index (χ2v) is 6.24. The lowest BCUT2D eigenvalue weighted by Crippen LogP contribution is -2.23. The fourth-order valence-corrected chi connectivity index (χ4v) is 2.89. The Balaban J connectivity index is 2.24. The van der Waals surface area contributed by atoms with E-state index in [9.17, 15) is 0 Å². The molecule has 0 radical (unpaired) electrons. The van der Waals surface area contributed by atoms with Crippen molar-refractivity contribution in [3.8, 4) is 0 Å². The second kappa shape index (κ2) is 7.26. The molecule has 2 aromatic carbocycles. The Morgan fingerprint density at radius 2 is 2.00 bits per heavy atom. The third-order valence-corrected chi connectivity index (χ3v) is 4.47. The number of hydrogen-bond acceptors (Lipinski definition) is 1.